The number of nitrogens with two attached hydrogens (primary N) is 1. The minimum absolute atomic E-state index is 0.201. The van der Waals surface area contributed by atoms with Gasteiger partial charge in [-0.3, -0.25) is 14.9 Å². The predicted molar refractivity (Wildman–Crippen MR) is 129 cm³/mol. The van der Waals surface area contributed by atoms with Crippen molar-refractivity contribution in [1.82, 2.24) is 10.2 Å². The van der Waals surface area contributed by atoms with Crippen LogP contribution in [0.25, 0.3) is 0 Å². The van der Waals surface area contributed by atoms with E-state index in [2.05, 4.69) is 16.0 Å². The third-order valence-electron chi connectivity index (χ3n) is 5.56. The van der Waals surface area contributed by atoms with Gasteiger partial charge >= 0.3 is 6.03 Å². The Kier molecular flexibility index (Phi) is 6.24. The summed E-state index contributed by atoms with van der Waals surface area (Å²) in [5.41, 5.74) is 7.16. The van der Waals surface area contributed by atoms with Crippen LogP contribution in [0.2, 0.25) is 0 Å². The molecule has 1 fully saturated rings. The molecule has 2 heterocycles. The number of benzene rings is 1. The molecule has 0 spiro atoms. The molecule has 1 aromatic carbocycles. The van der Waals surface area contributed by atoms with E-state index in [1.165, 1.54) is 11.3 Å². The zero-order valence-electron chi connectivity index (χ0n) is 19.4. The average Bonchev–Trinajstić information content (AvgIpc) is 3.10. The Labute approximate surface area is 192 Å². The molecule has 3 rings (SSSR count). The van der Waals surface area contributed by atoms with E-state index in [-0.39, 0.29) is 17.2 Å². The van der Waals surface area contributed by atoms with Gasteiger partial charge in [0.15, 0.2) is 0 Å². The first-order valence-electron chi connectivity index (χ1n) is 10.5. The van der Waals surface area contributed by atoms with Crippen molar-refractivity contribution < 1.29 is 14.4 Å². The first kappa shape index (κ1) is 23.6. The third kappa shape index (κ3) is 4.72. The number of hydrogen-bond acceptors (Lipinski definition) is 5. The lowest BCUT2D eigenvalue weighted by Crippen LogP contribution is -2.63. The van der Waals surface area contributed by atoms with Gasteiger partial charge in [0.2, 0.25) is 5.91 Å². The van der Waals surface area contributed by atoms with Crippen LogP contribution >= 0.6 is 11.3 Å². The topological polar surface area (TPSA) is 117 Å². The molecule has 1 aliphatic heterocycles. The second kappa shape index (κ2) is 8.46. The Hall–Kier alpha value is -3.07. The molecule has 1 aromatic heterocycles. The highest BCUT2D eigenvalue weighted by Gasteiger charge is 2.42. The minimum atomic E-state index is -0.988. The number of amides is 4. The molecule has 32 heavy (non-hydrogen) atoms. The Morgan fingerprint density at radius 2 is 1.88 bits per heavy atom. The molecule has 5 N–H and O–H groups in total. The summed E-state index contributed by atoms with van der Waals surface area (Å²) < 4.78 is 0. The number of anilines is 3. The van der Waals surface area contributed by atoms with Gasteiger partial charge in [-0.25, -0.2) is 4.79 Å². The van der Waals surface area contributed by atoms with Crippen LogP contribution in [0.5, 0.6) is 0 Å². The van der Waals surface area contributed by atoms with Gasteiger partial charge in [0.1, 0.15) is 10.5 Å². The molecule has 1 saturated heterocycles. The summed E-state index contributed by atoms with van der Waals surface area (Å²) in [6, 6.07) is 6.62. The normalized spacial score (nSPS) is 15.8. The van der Waals surface area contributed by atoms with E-state index < -0.39 is 11.6 Å². The van der Waals surface area contributed by atoms with Gasteiger partial charge < -0.3 is 21.3 Å². The van der Waals surface area contributed by atoms with Crippen LogP contribution in [0.15, 0.2) is 24.3 Å². The number of carbonyl (C=O) groups excluding carboxylic acids is 3. The molecule has 0 bridgehead atoms. The Bertz CT molecular complexity index is 1070. The second-order valence-electron chi connectivity index (χ2n) is 9.53. The summed E-state index contributed by atoms with van der Waals surface area (Å²) in [5.74, 6) is -0.487. The Balaban J connectivity index is 1.90. The first-order chi connectivity index (χ1) is 14.8. The highest BCUT2D eigenvalue weighted by Crippen LogP contribution is 2.37. The SMILES string of the molecule is Cc1ccc(NC(=O)Nc2sc(C(C)(C)C)cc2C(=O)N2CCNC(=O)C2(C)C)cc1N. The Morgan fingerprint density at radius 3 is 2.50 bits per heavy atom. The molecule has 172 valence electrons. The van der Waals surface area contributed by atoms with Crippen LogP contribution in [-0.4, -0.2) is 41.4 Å². The number of urea groups is 1. The van der Waals surface area contributed by atoms with Crippen molar-refractivity contribution in [2.24, 2.45) is 0 Å². The van der Waals surface area contributed by atoms with Crippen molar-refractivity contribution in [2.45, 2.75) is 52.5 Å². The number of aryl methyl sites for hydroxylation is 1. The van der Waals surface area contributed by atoms with Crippen LogP contribution in [-0.2, 0) is 10.2 Å². The van der Waals surface area contributed by atoms with Crippen LogP contribution in [0.4, 0.5) is 21.2 Å². The maximum absolute atomic E-state index is 13.5. The second-order valence-corrected chi connectivity index (χ2v) is 10.6. The van der Waals surface area contributed by atoms with Gasteiger partial charge in [0.25, 0.3) is 5.91 Å². The predicted octanol–water partition coefficient (Wildman–Crippen LogP) is 3.93. The molecule has 0 atom stereocenters. The van der Waals surface area contributed by atoms with Gasteiger partial charge in [-0.2, -0.15) is 0 Å². The van der Waals surface area contributed by atoms with Crippen molar-refractivity contribution in [2.75, 3.05) is 29.5 Å². The average molecular weight is 458 g/mol. The standard InChI is InChI=1S/C23H31N5O3S/c1-13-7-8-14(11-16(13)24)26-21(31)27-18-15(12-17(32-18)22(2,3)4)19(29)28-10-9-25-20(30)23(28,5)6/h7-8,11-12H,9-10,24H2,1-6H3,(H,25,30)(H2,26,27,31). The summed E-state index contributed by atoms with van der Waals surface area (Å²) in [6.07, 6.45) is 0. The highest BCUT2D eigenvalue weighted by atomic mass is 32.1. The summed E-state index contributed by atoms with van der Waals surface area (Å²) in [7, 11) is 0. The van der Waals surface area contributed by atoms with Gasteiger partial charge in [-0.1, -0.05) is 26.8 Å². The number of hydrogen-bond donors (Lipinski definition) is 4. The summed E-state index contributed by atoms with van der Waals surface area (Å²) >= 11 is 1.36. The van der Waals surface area contributed by atoms with Crippen molar-refractivity contribution in [3.8, 4) is 0 Å². The number of nitrogens with one attached hydrogen (secondary N) is 3. The van der Waals surface area contributed by atoms with E-state index in [0.717, 1.165) is 10.4 Å². The van der Waals surface area contributed by atoms with Crippen LogP contribution in [0.3, 0.4) is 0 Å². The minimum Gasteiger partial charge on any atom is -0.398 e. The molecule has 0 saturated carbocycles. The van der Waals surface area contributed by atoms with Gasteiger partial charge in [-0.15, -0.1) is 11.3 Å². The number of nitrogen functional groups attached to an aromatic ring is 1. The molecule has 0 unspecified atom stereocenters. The van der Waals surface area contributed by atoms with E-state index in [9.17, 15) is 14.4 Å². The molecule has 0 aliphatic carbocycles. The van der Waals surface area contributed by atoms with Crippen LogP contribution in [0, 0.1) is 6.92 Å². The van der Waals surface area contributed by atoms with E-state index >= 15 is 0 Å². The zero-order chi connectivity index (χ0) is 23.8. The smallest absolute Gasteiger partial charge is 0.324 e. The van der Waals surface area contributed by atoms with Crippen molar-refractivity contribution in [3.05, 3.63) is 40.3 Å². The molecule has 9 heteroatoms. The van der Waals surface area contributed by atoms with Crippen LogP contribution < -0.4 is 21.7 Å². The van der Waals surface area contributed by atoms with Gasteiger partial charge in [0, 0.05) is 29.3 Å². The summed E-state index contributed by atoms with van der Waals surface area (Å²) in [4.78, 5) is 41.1. The summed E-state index contributed by atoms with van der Waals surface area (Å²) in [5, 5.41) is 8.83. The molecule has 0 radical (unpaired) electrons. The number of nitrogens with zero attached hydrogens (tertiary/aromatic N) is 1. The van der Waals surface area contributed by atoms with E-state index in [1.54, 1.807) is 30.9 Å². The molecule has 2 aromatic rings. The lowest BCUT2D eigenvalue weighted by atomic mass is 9.93. The lowest BCUT2D eigenvalue weighted by Gasteiger charge is -2.41. The van der Waals surface area contributed by atoms with E-state index in [0.29, 0.717) is 35.0 Å². The van der Waals surface area contributed by atoms with Crippen molar-refractivity contribution in [3.63, 3.8) is 0 Å². The van der Waals surface area contributed by atoms with E-state index in [4.69, 9.17) is 5.73 Å². The maximum Gasteiger partial charge on any atom is 0.324 e. The number of carbonyl (C=O) groups is 3. The number of piperazine rings is 1. The molecule has 1 aliphatic rings. The zero-order valence-corrected chi connectivity index (χ0v) is 20.2. The van der Waals surface area contributed by atoms with E-state index in [1.807, 2.05) is 39.8 Å². The van der Waals surface area contributed by atoms with Gasteiger partial charge in [0.05, 0.1) is 5.56 Å². The number of thiophene rings is 1. The highest BCUT2D eigenvalue weighted by molar-refractivity contribution is 7.16. The largest absolute Gasteiger partial charge is 0.398 e. The molecule has 4 amide bonds. The monoisotopic (exact) mass is 457 g/mol. The summed E-state index contributed by atoms with van der Waals surface area (Å²) in [6.45, 7) is 12.3. The van der Waals surface area contributed by atoms with Crippen LogP contribution in [0.1, 0.15) is 55.4 Å². The third-order valence-corrected chi connectivity index (χ3v) is 7.04. The molecular formula is C23H31N5O3S. The molecule has 8 nitrogen and oxygen atoms in total. The number of rotatable bonds is 3. The lowest BCUT2D eigenvalue weighted by molar-refractivity contribution is -0.133. The van der Waals surface area contributed by atoms with Gasteiger partial charge in [-0.05, 0) is 49.9 Å². The quantitative estimate of drug-likeness (QED) is 0.523. The maximum atomic E-state index is 13.5. The molecular weight excluding hydrogens is 426 g/mol. The first-order valence-corrected chi connectivity index (χ1v) is 11.3. The van der Waals surface area contributed by atoms with Crippen molar-refractivity contribution >= 4 is 45.6 Å². The fraction of sp³-hybridized carbons (Fsp3) is 0.435. The fourth-order valence-corrected chi connectivity index (χ4v) is 4.50. The van der Waals surface area contributed by atoms with Crippen molar-refractivity contribution in [1.29, 1.82) is 0 Å². The fourth-order valence-electron chi connectivity index (χ4n) is 3.40. The Morgan fingerprint density at radius 1 is 1.19 bits per heavy atom.